The molecule has 1 unspecified atom stereocenters. The molecule has 2 heterocycles. The Labute approximate surface area is 192 Å². The van der Waals surface area contributed by atoms with Gasteiger partial charge in [0.1, 0.15) is 5.82 Å². The Morgan fingerprint density at radius 3 is 2.36 bits per heavy atom. The number of aryl methyl sites for hydroxylation is 1. The van der Waals surface area contributed by atoms with E-state index in [9.17, 15) is 4.79 Å². The fourth-order valence-electron chi connectivity index (χ4n) is 4.39. The first-order valence-electron chi connectivity index (χ1n) is 10.9. The Hall–Kier alpha value is -4.06. The zero-order chi connectivity index (χ0) is 22.9. The number of amides is 1. The first kappa shape index (κ1) is 20.8. The average molecular weight is 440 g/mol. The molecule has 0 fully saturated rings. The molecule has 1 aliphatic heterocycles. The normalized spacial score (nSPS) is 15.0. The molecule has 0 aliphatic carbocycles. The van der Waals surface area contributed by atoms with Gasteiger partial charge in [-0.05, 0) is 36.8 Å². The van der Waals surface area contributed by atoms with Crippen LogP contribution in [0.3, 0.4) is 0 Å². The summed E-state index contributed by atoms with van der Waals surface area (Å²) in [5.41, 5.74) is 5.88. The second-order valence-electron chi connectivity index (χ2n) is 8.14. The zero-order valence-corrected chi connectivity index (χ0v) is 18.8. The van der Waals surface area contributed by atoms with Gasteiger partial charge in [-0.25, -0.2) is 4.68 Å². The smallest absolute Gasteiger partial charge is 0.226 e. The van der Waals surface area contributed by atoms with Crippen LogP contribution in [0.4, 0.5) is 5.82 Å². The molecular formula is C27H25N3O3. The number of hydrogen-bond donors (Lipinski definition) is 1. The predicted molar refractivity (Wildman–Crippen MR) is 128 cm³/mol. The standard InChI is InChI=1S/C27H25N3O3/c1-17-9-12-20(13-10-17)30-27-25(26(29-30)18-7-5-4-6-8-18)21(16-24(31)28-27)19-11-14-22(32-2)23(15-19)33-3/h4-15,21H,16H2,1-3H3,(H,28,31). The van der Waals surface area contributed by atoms with Crippen molar-refractivity contribution in [3.63, 3.8) is 0 Å². The van der Waals surface area contributed by atoms with E-state index in [0.717, 1.165) is 33.6 Å². The Kier molecular flexibility index (Phi) is 5.34. The minimum atomic E-state index is -0.178. The van der Waals surface area contributed by atoms with E-state index in [-0.39, 0.29) is 11.8 Å². The number of carbonyl (C=O) groups excluding carboxylic acids is 1. The molecule has 166 valence electrons. The minimum Gasteiger partial charge on any atom is -0.493 e. The van der Waals surface area contributed by atoms with E-state index in [2.05, 4.69) is 5.32 Å². The monoisotopic (exact) mass is 439 g/mol. The number of carbonyl (C=O) groups is 1. The molecule has 3 aromatic carbocycles. The van der Waals surface area contributed by atoms with Gasteiger partial charge in [-0.15, -0.1) is 0 Å². The number of nitrogens with one attached hydrogen (secondary N) is 1. The van der Waals surface area contributed by atoms with Gasteiger partial charge in [0.25, 0.3) is 0 Å². The Morgan fingerprint density at radius 1 is 0.939 bits per heavy atom. The molecule has 0 spiro atoms. The molecule has 0 saturated heterocycles. The highest BCUT2D eigenvalue weighted by Crippen LogP contribution is 2.45. The molecular weight excluding hydrogens is 414 g/mol. The molecule has 1 N–H and O–H groups in total. The predicted octanol–water partition coefficient (Wildman–Crippen LogP) is 5.34. The number of aromatic nitrogens is 2. The molecule has 0 bridgehead atoms. The SMILES string of the molecule is COc1ccc(C2CC(=O)Nc3c2c(-c2ccccc2)nn3-c2ccc(C)cc2)cc1OC. The molecule has 1 aliphatic rings. The largest absolute Gasteiger partial charge is 0.493 e. The fourth-order valence-corrected chi connectivity index (χ4v) is 4.39. The molecule has 1 amide bonds. The third-order valence-electron chi connectivity index (χ3n) is 6.05. The van der Waals surface area contributed by atoms with Gasteiger partial charge in [0.15, 0.2) is 11.5 Å². The lowest BCUT2D eigenvalue weighted by Gasteiger charge is -2.25. The summed E-state index contributed by atoms with van der Waals surface area (Å²) in [7, 11) is 3.23. The van der Waals surface area contributed by atoms with Gasteiger partial charge in [0.2, 0.25) is 5.91 Å². The van der Waals surface area contributed by atoms with Crippen LogP contribution >= 0.6 is 0 Å². The van der Waals surface area contributed by atoms with Crippen molar-refractivity contribution in [1.29, 1.82) is 0 Å². The Bertz CT molecular complexity index is 1310. The van der Waals surface area contributed by atoms with Crippen LogP contribution in [0.1, 0.15) is 29.0 Å². The van der Waals surface area contributed by atoms with Crippen LogP contribution in [0.2, 0.25) is 0 Å². The van der Waals surface area contributed by atoms with Gasteiger partial charge in [0, 0.05) is 23.5 Å². The molecule has 0 radical (unpaired) electrons. The molecule has 5 rings (SSSR count). The number of anilines is 1. The third kappa shape index (κ3) is 3.74. The van der Waals surface area contributed by atoms with Crippen molar-refractivity contribution in [2.24, 2.45) is 0 Å². The lowest BCUT2D eigenvalue weighted by atomic mass is 9.84. The van der Waals surface area contributed by atoms with Gasteiger partial charge >= 0.3 is 0 Å². The van der Waals surface area contributed by atoms with Crippen molar-refractivity contribution in [3.05, 3.63) is 89.5 Å². The number of methoxy groups -OCH3 is 2. The first-order chi connectivity index (χ1) is 16.1. The first-order valence-corrected chi connectivity index (χ1v) is 10.9. The highest BCUT2D eigenvalue weighted by atomic mass is 16.5. The van der Waals surface area contributed by atoms with Crippen LogP contribution in [0, 0.1) is 6.92 Å². The van der Waals surface area contributed by atoms with Crippen LogP contribution in [0.15, 0.2) is 72.8 Å². The number of benzene rings is 3. The maximum atomic E-state index is 12.9. The van der Waals surface area contributed by atoms with Crippen LogP contribution in [-0.2, 0) is 4.79 Å². The van der Waals surface area contributed by atoms with Crippen molar-refractivity contribution in [3.8, 4) is 28.4 Å². The van der Waals surface area contributed by atoms with E-state index in [4.69, 9.17) is 14.6 Å². The second kappa shape index (κ2) is 8.47. The summed E-state index contributed by atoms with van der Waals surface area (Å²) in [6, 6.07) is 24.0. The van der Waals surface area contributed by atoms with Gasteiger partial charge in [-0.3, -0.25) is 4.79 Å². The van der Waals surface area contributed by atoms with E-state index in [1.807, 2.05) is 84.4 Å². The summed E-state index contributed by atoms with van der Waals surface area (Å²) in [6.45, 7) is 2.05. The van der Waals surface area contributed by atoms with Crippen molar-refractivity contribution in [2.45, 2.75) is 19.3 Å². The summed E-state index contributed by atoms with van der Waals surface area (Å²) < 4.78 is 12.8. The highest BCUT2D eigenvalue weighted by molar-refractivity contribution is 5.96. The van der Waals surface area contributed by atoms with Crippen LogP contribution in [0.25, 0.3) is 16.9 Å². The van der Waals surface area contributed by atoms with Crippen LogP contribution in [-0.4, -0.2) is 29.9 Å². The Balaban J connectivity index is 1.74. The van der Waals surface area contributed by atoms with Crippen molar-refractivity contribution in [2.75, 3.05) is 19.5 Å². The second-order valence-corrected chi connectivity index (χ2v) is 8.14. The maximum Gasteiger partial charge on any atom is 0.226 e. The van der Waals surface area contributed by atoms with E-state index >= 15 is 0 Å². The van der Waals surface area contributed by atoms with Gasteiger partial charge in [-0.2, -0.15) is 5.10 Å². The Morgan fingerprint density at radius 2 is 1.67 bits per heavy atom. The number of rotatable bonds is 5. The molecule has 6 heteroatoms. The molecule has 6 nitrogen and oxygen atoms in total. The fraction of sp³-hybridized carbons (Fsp3) is 0.185. The van der Waals surface area contributed by atoms with Gasteiger partial charge < -0.3 is 14.8 Å². The topological polar surface area (TPSA) is 65.4 Å². The quantitative estimate of drug-likeness (QED) is 0.456. The summed E-state index contributed by atoms with van der Waals surface area (Å²) in [4.78, 5) is 12.9. The zero-order valence-electron chi connectivity index (χ0n) is 18.8. The number of fused-ring (bicyclic) bond motifs is 1. The van der Waals surface area contributed by atoms with Crippen molar-refractivity contribution >= 4 is 11.7 Å². The minimum absolute atomic E-state index is 0.0461. The molecule has 4 aromatic rings. The summed E-state index contributed by atoms with van der Waals surface area (Å²) >= 11 is 0. The third-order valence-corrected chi connectivity index (χ3v) is 6.05. The molecule has 1 atom stereocenters. The number of hydrogen-bond acceptors (Lipinski definition) is 4. The van der Waals surface area contributed by atoms with E-state index in [1.54, 1.807) is 14.2 Å². The van der Waals surface area contributed by atoms with Gasteiger partial charge in [-0.1, -0.05) is 54.1 Å². The number of nitrogens with zero attached hydrogens (tertiary/aromatic N) is 2. The summed E-state index contributed by atoms with van der Waals surface area (Å²) in [6.07, 6.45) is 0.321. The average Bonchev–Trinajstić information content (AvgIpc) is 3.23. The highest BCUT2D eigenvalue weighted by Gasteiger charge is 2.34. The lowest BCUT2D eigenvalue weighted by Crippen LogP contribution is -2.25. The van der Waals surface area contributed by atoms with Crippen molar-refractivity contribution in [1.82, 2.24) is 9.78 Å². The van der Waals surface area contributed by atoms with E-state index in [0.29, 0.717) is 23.7 Å². The van der Waals surface area contributed by atoms with Crippen LogP contribution < -0.4 is 14.8 Å². The van der Waals surface area contributed by atoms with Gasteiger partial charge in [0.05, 0.1) is 25.6 Å². The number of ether oxygens (including phenoxy) is 2. The van der Waals surface area contributed by atoms with E-state index < -0.39 is 0 Å². The summed E-state index contributed by atoms with van der Waals surface area (Å²) in [5.74, 6) is 1.77. The lowest BCUT2D eigenvalue weighted by molar-refractivity contribution is -0.116. The summed E-state index contributed by atoms with van der Waals surface area (Å²) in [5, 5.41) is 8.08. The maximum absolute atomic E-state index is 12.9. The molecule has 0 saturated carbocycles. The van der Waals surface area contributed by atoms with Crippen molar-refractivity contribution < 1.29 is 14.3 Å². The van der Waals surface area contributed by atoms with Crippen LogP contribution in [0.5, 0.6) is 11.5 Å². The van der Waals surface area contributed by atoms with E-state index in [1.165, 1.54) is 0 Å². The molecule has 1 aromatic heterocycles. The molecule has 33 heavy (non-hydrogen) atoms.